The Kier molecular flexibility index (Phi) is 5.15. The highest BCUT2D eigenvalue weighted by atomic mass is 32.1. The van der Waals surface area contributed by atoms with Gasteiger partial charge in [0.05, 0.1) is 11.7 Å². The molecule has 0 spiro atoms. The summed E-state index contributed by atoms with van der Waals surface area (Å²) in [5.41, 5.74) is 7.49. The molecule has 4 N–H and O–H groups in total. The first kappa shape index (κ1) is 17.6. The summed E-state index contributed by atoms with van der Waals surface area (Å²) in [6.07, 6.45) is 5.43. The standard InChI is InChI=1S/C18H22N4O2S/c1-11-6-8-12(9-7-11)22-17(24)13(16(23)21-18(22)25)10-20-15-5-3-2-4-14(15)19/h6-10,14-15,24H,2-5,19H2,1H3,(H,21,23,25)/t14-,15+/m1/s1. The van der Waals surface area contributed by atoms with Gasteiger partial charge in [-0.2, -0.15) is 0 Å². The lowest BCUT2D eigenvalue weighted by Crippen LogP contribution is -2.36. The van der Waals surface area contributed by atoms with Crippen molar-refractivity contribution < 1.29 is 5.11 Å². The smallest absolute Gasteiger partial charge is 0.264 e. The number of benzene rings is 1. The van der Waals surface area contributed by atoms with Gasteiger partial charge in [-0.15, -0.1) is 0 Å². The molecule has 1 aromatic carbocycles. The van der Waals surface area contributed by atoms with Crippen molar-refractivity contribution in [1.29, 1.82) is 0 Å². The molecule has 2 aromatic rings. The zero-order valence-corrected chi connectivity index (χ0v) is 14.9. The van der Waals surface area contributed by atoms with Crippen molar-refractivity contribution in [2.75, 3.05) is 0 Å². The van der Waals surface area contributed by atoms with E-state index in [0.29, 0.717) is 5.69 Å². The number of aryl methyl sites for hydroxylation is 1. The predicted octanol–water partition coefficient (Wildman–Crippen LogP) is 2.60. The van der Waals surface area contributed by atoms with Crippen molar-refractivity contribution in [2.24, 2.45) is 10.7 Å². The van der Waals surface area contributed by atoms with Crippen molar-refractivity contribution in [3.8, 4) is 11.6 Å². The van der Waals surface area contributed by atoms with Crippen LogP contribution in [0.4, 0.5) is 0 Å². The van der Waals surface area contributed by atoms with Crippen molar-refractivity contribution in [2.45, 2.75) is 44.7 Å². The Balaban J connectivity index is 2.02. The largest absolute Gasteiger partial charge is 0.494 e. The lowest BCUT2D eigenvalue weighted by molar-refractivity contribution is 0.387. The van der Waals surface area contributed by atoms with E-state index in [2.05, 4.69) is 9.98 Å². The van der Waals surface area contributed by atoms with Crippen LogP contribution in [0.3, 0.4) is 0 Å². The summed E-state index contributed by atoms with van der Waals surface area (Å²) >= 11 is 5.21. The SMILES string of the molecule is Cc1ccc(-n2c(O)c(C=N[C@H]3CCCC[C@H]3N)c(=O)[nH]c2=S)cc1. The molecule has 0 saturated heterocycles. The zero-order chi connectivity index (χ0) is 18.0. The lowest BCUT2D eigenvalue weighted by Gasteiger charge is -2.25. The molecule has 1 aromatic heterocycles. The monoisotopic (exact) mass is 358 g/mol. The van der Waals surface area contributed by atoms with E-state index in [9.17, 15) is 9.90 Å². The first-order valence-corrected chi connectivity index (χ1v) is 8.82. The number of H-pyrrole nitrogens is 1. The van der Waals surface area contributed by atoms with Crippen molar-refractivity contribution >= 4 is 18.4 Å². The Morgan fingerprint density at radius 2 is 2.00 bits per heavy atom. The highest BCUT2D eigenvalue weighted by molar-refractivity contribution is 7.71. The summed E-state index contributed by atoms with van der Waals surface area (Å²) in [5.74, 6) is -0.217. The van der Waals surface area contributed by atoms with Gasteiger partial charge >= 0.3 is 0 Å². The molecule has 132 valence electrons. The van der Waals surface area contributed by atoms with Gasteiger partial charge in [0, 0.05) is 12.3 Å². The minimum Gasteiger partial charge on any atom is -0.494 e. The van der Waals surface area contributed by atoms with E-state index in [1.54, 1.807) is 0 Å². The number of rotatable bonds is 3. The van der Waals surface area contributed by atoms with E-state index in [4.69, 9.17) is 18.0 Å². The number of nitrogens with one attached hydrogen (secondary N) is 1. The summed E-state index contributed by atoms with van der Waals surface area (Å²) in [6, 6.07) is 7.46. The molecule has 1 aliphatic rings. The minimum atomic E-state index is -0.459. The topological polar surface area (TPSA) is 96.4 Å². The number of aromatic nitrogens is 2. The fourth-order valence-electron chi connectivity index (χ4n) is 3.08. The van der Waals surface area contributed by atoms with Gasteiger partial charge in [0.2, 0.25) is 5.88 Å². The molecule has 0 aliphatic heterocycles. The van der Waals surface area contributed by atoms with E-state index in [0.717, 1.165) is 31.2 Å². The second kappa shape index (κ2) is 7.33. The normalized spacial score (nSPS) is 20.9. The zero-order valence-electron chi connectivity index (χ0n) is 14.1. The van der Waals surface area contributed by atoms with Crippen molar-refractivity contribution in [1.82, 2.24) is 9.55 Å². The van der Waals surface area contributed by atoms with E-state index in [-0.39, 0.29) is 28.3 Å². The number of hydrogen-bond acceptors (Lipinski definition) is 5. The van der Waals surface area contributed by atoms with Gasteiger partial charge in [-0.05, 0) is 44.1 Å². The summed E-state index contributed by atoms with van der Waals surface area (Å²) in [5, 5.41) is 10.6. The molecule has 7 heteroatoms. The molecule has 0 unspecified atom stereocenters. The molecule has 1 heterocycles. The third-order valence-corrected chi connectivity index (χ3v) is 4.87. The van der Waals surface area contributed by atoms with Gasteiger partial charge in [-0.3, -0.25) is 19.3 Å². The van der Waals surface area contributed by atoms with Gasteiger partial charge in [-0.1, -0.05) is 30.5 Å². The molecular weight excluding hydrogens is 336 g/mol. The van der Waals surface area contributed by atoms with Gasteiger partial charge in [0.1, 0.15) is 5.56 Å². The Hall–Kier alpha value is -2.25. The number of aromatic hydroxyl groups is 1. The van der Waals surface area contributed by atoms with Crippen LogP contribution in [0.25, 0.3) is 5.69 Å². The first-order valence-electron chi connectivity index (χ1n) is 8.41. The molecule has 0 amide bonds. The number of nitrogens with two attached hydrogens (primary N) is 1. The number of aliphatic imine (C=N–C) groups is 1. The number of nitrogens with zero attached hydrogens (tertiary/aromatic N) is 2. The Morgan fingerprint density at radius 3 is 2.68 bits per heavy atom. The summed E-state index contributed by atoms with van der Waals surface area (Å²) < 4.78 is 1.57. The second-order valence-corrected chi connectivity index (χ2v) is 6.85. The van der Waals surface area contributed by atoms with Crippen LogP contribution >= 0.6 is 12.2 Å². The Morgan fingerprint density at radius 1 is 1.32 bits per heavy atom. The van der Waals surface area contributed by atoms with Gasteiger partial charge in [-0.25, -0.2) is 0 Å². The third-order valence-electron chi connectivity index (χ3n) is 4.59. The number of aromatic amines is 1. The Labute approximate surface area is 151 Å². The second-order valence-electron chi connectivity index (χ2n) is 6.46. The highest BCUT2D eigenvalue weighted by Crippen LogP contribution is 2.21. The summed E-state index contributed by atoms with van der Waals surface area (Å²) in [4.78, 5) is 19.3. The molecule has 6 nitrogen and oxygen atoms in total. The summed E-state index contributed by atoms with van der Waals surface area (Å²) in [6.45, 7) is 1.97. The minimum absolute atomic E-state index is 0.00586. The first-order chi connectivity index (χ1) is 12.0. The van der Waals surface area contributed by atoms with Crippen molar-refractivity contribution in [3.63, 3.8) is 0 Å². The molecule has 3 rings (SSSR count). The maximum atomic E-state index is 12.2. The van der Waals surface area contributed by atoms with Crippen LogP contribution in [-0.4, -0.2) is 33.0 Å². The lowest BCUT2D eigenvalue weighted by atomic mass is 9.91. The molecule has 0 radical (unpaired) electrons. The fourth-order valence-corrected chi connectivity index (χ4v) is 3.37. The quantitative estimate of drug-likeness (QED) is 0.580. The summed E-state index contributed by atoms with van der Waals surface area (Å²) in [7, 11) is 0. The fraction of sp³-hybridized carbons (Fsp3) is 0.389. The van der Waals surface area contributed by atoms with Crippen LogP contribution in [0.5, 0.6) is 5.88 Å². The van der Waals surface area contributed by atoms with E-state index in [1.807, 2.05) is 31.2 Å². The number of hydrogen-bond donors (Lipinski definition) is 3. The third kappa shape index (κ3) is 3.72. The van der Waals surface area contributed by atoms with Crippen LogP contribution in [0, 0.1) is 11.7 Å². The van der Waals surface area contributed by atoms with Gasteiger partial charge in [0.25, 0.3) is 5.56 Å². The molecule has 1 fully saturated rings. The van der Waals surface area contributed by atoms with Crippen LogP contribution in [0.1, 0.15) is 36.8 Å². The van der Waals surface area contributed by atoms with Crippen LogP contribution in [0.2, 0.25) is 0 Å². The van der Waals surface area contributed by atoms with Crippen LogP contribution < -0.4 is 11.3 Å². The maximum absolute atomic E-state index is 12.2. The predicted molar refractivity (Wildman–Crippen MR) is 101 cm³/mol. The Bertz CT molecular complexity index is 899. The molecule has 0 bridgehead atoms. The average molecular weight is 358 g/mol. The molecule has 25 heavy (non-hydrogen) atoms. The van der Waals surface area contributed by atoms with Crippen LogP contribution in [-0.2, 0) is 0 Å². The van der Waals surface area contributed by atoms with E-state index >= 15 is 0 Å². The van der Waals surface area contributed by atoms with Gasteiger partial charge < -0.3 is 10.8 Å². The molecule has 2 atom stereocenters. The van der Waals surface area contributed by atoms with Gasteiger partial charge in [0.15, 0.2) is 4.77 Å². The van der Waals surface area contributed by atoms with E-state index < -0.39 is 5.56 Å². The molecular formula is C18H22N4O2S. The van der Waals surface area contributed by atoms with Crippen molar-refractivity contribution in [3.05, 3.63) is 50.5 Å². The molecule has 1 aliphatic carbocycles. The van der Waals surface area contributed by atoms with Crippen LogP contribution in [0.15, 0.2) is 34.1 Å². The average Bonchev–Trinajstić information content (AvgIpc) is 2.57. The maximum Gasteiger partial charge on any atom is 0.264 e. The van der Waals surface area contributed by atoms with E-state index in [1.165, 1.54) is 10.8 Å². The highest BCUT2D eigenvalue weighted by Gasteiger charge is 2.21. The molecule has 1 saturated carbocycles.